The molecule has 0 bridgehead atoms. The highest BCUT2D eigenvalue weighted by molar-refractivity contribution is 5.59. The van der Waals surface area contributed by atoms with Gasteiger partial charge in [-0.25, -0.2) is 0 Å². The third-order valence-electron chi connectivity index (χ3n) is 4.56. The molecular formula is C19H21N5. The number of hydrogen-bond acceptors (Lipinski definition) is 4. The lowest BCUT2D eigenvalue weighted by Gasteiger charge is -2.35. The number of nitrogens with one attached hydrogen (secondary N) is 1. The van der Waals surface area contributed by atoms with Crippen LogP contribution in [0.15, 0.2) is 36.5 Å². The number of anilines is 1. The van der Waals surface area contributed by atoms with Gasteiger partial charge in [-0.1, -0.05) is 12.1 Å². The fourth-order valence-corrected chi connectivity index (χ4v) is 3.31. The molecule has 2 aromatic rings. The van der Waals surface area contributed by atoms with Gasteiger partial charge in [0.25, 0.3) is 0 Å². The Morgan fingerprint density at radius 3 is 2.83 bits per heavy atom. The Kier molecular flexibility index (Phi) is 4.84. The standard InChI is InChI=1S/C19H21N5/c1-23-13-15(9-18(23)11-21)12-22-17-6-4-8-24(14-17)19-7-3-2-5-16(19)10-20/h2-3,5,7,9,13,17,22H,4,6,8,12,14H2,1H3. The first-order valence-electron chi connectivity index (χ1n) is 8.24. The number of nitriles is 2. The van der Waals surface area contributed by atoms with E-state index in [9.17, 15) is 5.26 Å². The molecule has 0 aliphatic carbocycles. The van der Waals surface area contributed by atoms with E-state index in [1.807, 2.05) is 48.1 Å². The molecule has 3 rings (SSSR count). The maximum Gasteiger partial charge on any atom is 0.120 e. The maximum atomic E-state index is 9.30. The van der Waals surface area contributed by atoms with Crippen molar-refractivity contribution < 1.29 is 0 Å². The number of benzene rings is 1. The normalized spacial score (nSPS) is 17.3. The van der Waals surface area contributed by atoms with Gasteiger partial charge in [-0.2, -0.15) is 10.5 Å². The summed E-state index contributed by atoms with van der Waals surface area (Å²) >= 11 is 0. The van der Waals surface area contributed by atoms with Gasteiger partial charge in [0.2, 0.25) is 0 Å². The van der Waals surface area contributed by atoms with E-state index >= 15 is 0 Å². The molecule has 0 amide bonds. The molecule has 0 spiro atoms. The van der Waals surface area contributed by atoms with Crippen molar-refractivity contribution in [1.29, 1.82) is 10.5 Å². The topological polar surface area (TPSA) is 67.8 Å². The molecule has 122 valence electrons. The molecule has 1 aromatic heterocycles. The molecule has 1 atom stereocenters. The van der Waals surface area contributed by atoms with E-state index in [0.29, 0.717) is 11.7 Å². The van der Waals surface area contributed by atoms with E-state index in [-0.39, 0.29) is 0 Å². The van der Waals surface area contributed by atoms with Gasteiger partial charge < -0.3 is 14.8 Å². The van der Waals surface area contributed by atoms with Gasteiger partial charge in [-0.3, -0.25) is 0 Å². The largest absolute Gasteiger partial charge is 0.369 e. The lowest BCUT2D eigenvalue weighted by molar-refractivity contribution is 0.421. The Bertz CT molecular complexity index is 793. The molecule has 1 N–H and O–H groups in total. The van der Waals surface area contributed by atoms with E-state index in [1.54, 1.807) is 0 Å². The van der Waals surface area contributed by atoms with E-state index < -0.39 is 0 Å². The number of piperidine rings is 1. The van der Waals surface area contributed by atoms with Gasteiger partial charge in [0, 0.05) is 38.9 Å². The Balaban J connectivity index is 1.63. The van der Waals surface area contributed by atoms with Crippen LogP contribution in [0.5, 0.6) is 0 Å². The first kappa shape index (κ1) is 16.1. The van der Waals surface area contributed by atoms with Gasteiger partial charge in [0.15, 0.2) is 0 Å². The number of aromatic nitrogens is 1. The second-order valence-corrected chi connectivity index (χ2v) is 6.25. The van der Waals surface area contributed by atoms with Crippen molar-refractivity contribution in [2.75, 3.05) is 18.0 Å². The van der Waals surface area contributed by atoms with Crippen molar-refractivity contribution >= 4 is 5.69 Å². The highest BCUT2D eigenvalue weighted by atomic mass is 15.2. The van der Waals surface area contributed by atoms with Crippen molar-refractivity contribution in [2.45, 2.75) is 25.4 Å². The molecule has 1 saturated heterocycles. The summed E-state index contributed by atoms with van der Waals surface area (Å²) in [6.45, 7) is 2.64. The third kappa shape index (κ3) is 3.42. The third-order valence-corrected chi connectivity index (χ3v) is 4.56. The molecule has 0 saturated carbocycles. The average Bonchev–Trinajstić information content (AvgIpc) is 3.00. The van der Waals surface area contributed by atoms with Gasteiger partial charge in [-0.15, -0.1) is 0 Å². The quantitative estimate of drug-likeness (QED) is 0.940. The number of hydrogen-bond donors (Lipinski definition) is 1. The summed E-state index contributed by atoms with van der Waals surface area (Å²) in [7, 11) is 1.89. The molecule has 1 fully saturated rings. The zero-order valence-electron chi connectivity index (χ0n) is 13.9. The van der Waals surface area contributed by atoms with Crippen molar-refractivity contribution in [3.05, 3.63) is 53.3 Å². The van der Waals surface area contributed by atoms with Crippen LogP contribution in [0.4, 0.5) is 5.69 Å². The molecule has 5 heteroatoms. The number of rotatable bonds is 4. The minimum absolute atomic E-state index is 0.385. The van der Waals surface area contributed by atoms with Gasteiger partial charge in [0.05, 0.1) is 11.3 Å². The van der Waals surface area contributed by atoms with Crippen molar-refractivity contribution in [1.82, 2.24) is 9.88 Å². The average molecular weight is 319 g/mol. The molecule has 5 nitrogen and oxygen atoms in total. The summed E-state index contributed by atoms with van der Waals surface area (Å²) in [5.41, 5.74) is 3.57. The zero-order chi connectivity index (χ0) is 16.9. The number of aryl methyl sites for hydroxylation is 1. The van der Waals surface area contributed by atoms with Crippen molar-refractivity contribution in [3.63, 3.8) is 0 Å². The van der Waals surface area contributed by atoms with Crippen LogP contribution in [-0.4, -0.2) is 23.7 Å². The molecule has 24 heavy (non-hydrogen) atoms. The number of para-hydroxylation sites is 1. The number of nitrogens with zero attached hydrogens (tertiary/aromatic N) is 4. The molecular weight excluding hydrogens is 298 g/mol. The van der Waals surface area contributed by atoms with Gasteiger partial charge in [0.1, 0.15) is 17.8 Å². The predicted octanol–water partition coefficient (Wildman–Crippen LogP) is 2.53. The van der Waals surface area contributed by atoms with Crippen LogP contribution in [0.1, 0.15) is 29.7 Å². The second kappa shape index (κ2) is 7.21. The zero-order valence-corrected chi connectivity index (χ0v) is 13.9. The van der Waals surface area contributed by atoms with E-state index in [2.05, 4.69) is 22.4 Å². The maximum absolute atomic E-state index is 9.30. The minimum atomic E-state index is 0.385. The second-order valence-electron chi connectivity index (χ2n) is 6.25. The smallest absolute Gasteiger partial charge is 0.120 e. The molecule has 2 heterocycles. The Hall–Kier alpha value is -2.76. The fourth-order valence-electron chi connectivity index (χ4n) is 3.31. The van der Waals surface area contributed by atoms with E-state index in [1.165, 1.54) is 0 Å². The van der Waals surface area contributed by atoms with Crippen LogP contribution in [0.25, 0.3) is 0 Å². The minimum Gasteiger partial charge on any atom is -0.369 e. The van der Waals surface area contributed by atoms with Crippen LogP contribution < -0.4 is 10.2 Å². The van der Waals surface area contributed by atoms with Crippen molar-refractivity contribution in [2.24, 2.45) is 7.05 Å². The lowest BCUT2D eigenvalue weighted by atomic mass is 10.0. The SMILES string of the molecule is Cn1cc(CNC2CCCN(c3ccccc3C#N)C2)cc1C#N. The van der Waals surface area contributed by atoms with Crippen LogP contribution in [0.3, 0.4) is 0 Å². The summed E-state index contributed by atoms with van der Waals surface area (Å²) in [5, 5.41) is 21.9. The first-order chi connectivity index (χ1) is 11.7. The molecule has 1 aromatic carbocycles. The summed E-state index contributed by atoms with van der Waals surface area (Å²) in [5.74, 6) is 0. The monoisotopic (exact) mass is 319 g/mol. The highest BCUT2D eigenvalue weighted by Gasteiger charge is 2.21. The summed E-state index contributed by atoms with van der Waals surface area (Å²) in [4.78, 5) is 2.30. The summed E-state index contributed by atoms with van der Waals surface area (Å²) in [6.07, 6.45) is 4.23. The fraction of sp³-hybridized carbons (Fsp3) is 0.368. The van der Waals surface area contributed by atoms with Crippen LogP contribution >= 0.6 is 0 Å². The van der Waals surface area contributed by atoms with Crippen LogP contribution in [0.2, 0.25) is 0 Å². The Morgan fingerprint density at radius 1 is 1.25 bits per heavy atom. The highest BCUT2D eigenvalue weighted by Crippen LogP contribution is 2.23. The van der Waals surface area contributed by atoms with Gasteiger partial charge >= 0.3 is 0 Å². The van der Waals surface area contributed by atoms with Gasteiger partial charge in [-0.05, 0) is 36.6 Å². The first-order valence-corrected chi connectivity index (χ1v) is 8.24. The predicted molar refractivity (Wildman–Crippen MR) is 93.4 cm³/mol. The van der Waals surface area contributed by atoms with E-state index in [0.717, 1.165) is 49.3 Å². The lowest BCUT2D eigenvalue weighted by Crippen LogP contribution is -2.45. The molecule has 1 aliphatic heterocycles. The molecule has 0 radical (unpaired) electrons. The van der Waals surface area contributed by atoms with Crippen LogP contribution in [0, 0.1) is 22.7 Å². The summed E-state index contributed by atoms with van der Waals surface area (Å²) in [6, 6.07) is 14.6. The van der Waals surface area contributed by atoms with Crippen LogP contribution in [-0.2, 0) is 13.6 Å². The Labute approximate surface area is 142 Å². The summed E-state index contributed by atoms with van der Waals surface area (Å²) < 4.78 is 1.85. The van der Waals surface area contributed by atoms with Crippen molar-refractivity contribution in [3.8, 4) is 12.1 Å². The van der Waals surface area contributed by atoms with E-state index in [4.69, 9.17) is 5.26 Å². The molecule has 1 aliphatic rings. The molecule has 1 unspecified atom stereocenters. The Morgan fingerprint density at radius 2 is 2.08 bits per heavy atom.